The minimum absolute atomic E-state index is 0.0163. The minimum atomic E-state index is -0.0163. The van der Waals surface area contributed by atoms with Crippen LogP contribution in [0.4, 0.5) is 5.82 Å². The molecule has 1 fully saturated rings. The van der Waals surface area contributed by atoms with Crippen LogP contribution in [0.1, 0.15) is 52.8 Å². The van der Waals surface area contributed by atoms with Crippen molar-refractivity contribution in [2.24, 2.45) is 0 Å². The van der Waals surface area contributed by atoms with Gasteiger partial charge in [-0.05, 0) is 42.1 Å². The Morgan fingerprint density at radius 2 is 2.00 bits per heavy atom. The van der Waals surface area contributed by atoms with Crippen LogP contribution in [0.15, 0.2) is 10.7 Å². The Morgan fingerprint density at radius 3 is 2.61 bits per heavy atom. The first-order valence-corrected chi connectivity index (χ1v) is 7.49. The third-order valence-electron chi connectivity index (χ3n) is 3.45. The zero-order valence-electron chi connectivity index (χ0n) is 11.7. The average molecular weight is 312 g/mol. The smallest absolute Gasteiger partial charge is 0.137 e. The van der Waals surface area contributed by atoms with Crippen molar-refractivity contribution < 1.29 is 0 Å². The molecule has 0 aromatic carbocycles. The molecule has 2 rings (SSSR count). The van der Waals surface area contributed by atoms with Crippen LogP contribution < -0.4 is 4.90 Å². The number of halogens is 1. The second-order valence-corrected chi connectivity index (χ2v) is 6.97. The Hall–Kier alpha value is -0.640. The van der Waals surface area contributed by atoms with Crippen molar-refractivity contribution in [3.05, 3.63) is 16.5 Å². The van der Waals surface area contributed by atoms with E-state index < -0.39 is 0 Å². The van der Waals surface area contributed by atoms with Gasteiger partial charge in [-0.25, -0.2) is 9.97 Å². The monoisotopic (exact) mass is 311 g/mol. The lowest BCUT2D eigenvalue weighted by Crippen LogP contribution is -2.38. The summed E-state index contributed by atoms with van der Waals surface area (Å²) >= 11 is 3.51. The molecule has 0 N–H and O–H groups in total. The molecule has 0 amide bonds. The van der Waals surface area contributed by atoms with Crippen LogP contribution in [-0.2, 0) is 5.41 Å². The first-order chi connectivity index (χ1) is 8.38. The van der Waals surface area contributed by atoms with E-state index in [1.165, 1.54) is 19.3 Å². The van der Waals surface area contributed by atoms with E-state index in [-0.39, 0.29) is 5.41 Å². The highest BCUT2D eigenvalue weighted by molar-refractivity contribution is 9.10. The summed E-state index contributed by atoms with van der Waals surface area (Å²) in [6, 6.07) is 2.62. The highest BCUT2D eigenvalue weighted by atomic mass is 79.9. The van der Waals surface area contributed by atoms with Gasteiger partial charge in [-0.3, -0.25) is 0 Å². The summed E-state index contributed by atoms with van der Waals surface area (Å²) in [5, 5.41) is 0. The Morgan fingerprint density at radius 1 is 1.28 bits per heavy atom. The van der Waals surface area contributed by atoms with Crippen LogP contribution >= 0.6 is 15.9 Å². The van der Waals surface area contributed by atoms with Crippen molar-refractivity contribution in [2.75, 3.05) is 11.4 Å². The standard InChI is InChI=1S/C14H22BrN3/c1-10-7-5-6-8-18(10)12-9-11(15)16-13(17-12)14(2,3)4/h9-10H,5-8H2,1-4H3. The number of nitrogens with zero attached hydrogens (tertiary/aromatic N) is 3. The molecule has 1 aliphatic rings. The molecule has 2 heterocycles. The van der Waals surface area contributed by atoms with E-state index in [2.05, 4.69) is 53.5 Å². The molecule has 0 spiro atoms. The lowest BCUT2D eigenvalue weighted by atomic mass is 9.95. The Balaban J connectivity index is 2.35. The van der Waals surface area contributed by atoms with Gasteiger partial charge in [0, 0.05) is 24.1 Å². The first kappa shape index (κ1) is 13.8. The molecule has 0 bridgehead atoms. The molecule has 1 aliphatic heterocycles. The van der Waals surface area contributed by atoms with Crippen molar-refractivity contribution in [1.82, 2.24) is 9.97 Å². The Kier molecular flexibility index (Phi) is 3.95. The van der Waals surface area contributed by atoms with E-state index in [0.29, 0.717) is 6.04 Å². The molecule has 0 aliphatic carbocycles. The molecule has 0 saturated carbocycles. The van der Waals surface area contributed by atoms with Crippen LogP contribution in [0, 0.1) is 0 Å². The quantitative estimate of drug-likeness (QED) is 0.736. The van der Waals surface area contributed by atoms with Crippen LogP contribution in [0.25, 0.3) is 0 Å². The van der Waals surface area contributed by atoms with E-state index in [0.717, 1.165) is 22.8 Å². The molecular weight excluding hydrogens is 290 g/mol. The molecular formula is C14H22BrN3. The number of hydrogen-bond donors (Lipinski definition) is 0. The third-order valence-corrected chi connectivity index (χ3v) is 3.86. The van der Waals surface area contributed by atoms with E-state index in [1.54, 1.807) is 0 Å². The summed E-state index contributed by atoms with van der Waals surface area (Å²) in [7, 11) is 0. The predicted octanol–water partition coefficient (Wildman–Crippen LogP) is 3.92. The second-order valence-electron chi connectivity index (χ2n) is 6.16. The van der Waals surface area contributed by atoms with Gasteiger partial charge in [0.1, 0.15) is 16.2 Å². The largest absolute Gasteiger partial charge is 0.354 e. The lowest BCUT2D eigenvalue weighted by Gasteiger charge is -2.35. The van der Waals surface area contributed by atoms with E-state index in [4.69, 9.17) is 4.98 Å². The predicted molar refractivity (Wildman–Crippen MR) is 79.1 cm³/mol. The maximum absolute atomic E-state index is 4.76. The number of rotatable bonds is 1. The van der Waals surface area contributed by atoms with Crippen molar-refractivity contribution in [3.8, 4) is 0 Å². The Labute approximate surface area is 118 Å². The van der Waals surface area contributed by atoms with Gasteiger partial charge in [0.05, 0.1) is 0 Å². The summed E-state index contributed by atoms with van der Waals surface area (Å²) < 4.78 is 0.884. The summed E-state index contributed by atoms with van der Waals surface area (Å²) in [4.78, 5) is 11.7. The zero-order valence-corrected chi connectivity index (χ0v) is 13.3. The van der Waals surface area contributed by atoms with Gasteiger partial charge >= 0.3 is 0 Å². The third kappa shape index (κ3) is 3.02. The van der Waals surface area contributed by atoms with Crippen LogP contribution in [0.5, 0.6) is 0 Å². The summed E-state index contributed by atoms with van der Waals surface area (Å²) in [5.41, 5.74) is -0.0163. The van der Waals surface area contributed by atoms with Gasteiger partial charge in [-0.1, -0.05) is 20.8 Å². The number of aromatic nitrogens is 2. The Bertz CT molecular complexity index is 426. The van der Waals surface area contributed by atoms with Crippen LogP contribution in [0.3, 0.4) is 0 Å². The maximum atomic E-state index is 4.76. The van der Waals surface area contributed by atoms with E-state index in [1.807, 2.05) is 6.07 Å². The van der Waals surface area contributed by atoms with Crippen molar-refractivity contribution in [3.63, 3.8) is 0 Å². The van der Waals surface area contributed by atoms with Crippen molar-refractivity contribution in [2.45, 2.75) is 58.4 Å². The highest BCUT2D eigenvalue weighted by Gasteiger charge is 2.23. The molecule has 3 nitrogen and oxygen atoms in total. The van der Waals surface area contributed by atoms with Gasteiger partial charge in [0.15, 0.2) is 0 Å². The molecule has 100 valence electrons. The fraction of sp³-hybridized carbons (Fsp3) is 0.714. The van der Waals surface area contributed by atoms with Crippen LogP contribution in [-0.4, -0.2) is 22.6 Å². The van der Waals surface area contributed by atoms with Crippen molar-refractivity contribution >= 4 is 21.7 Å². The van der Waals surface area contributed by atoms with E-state index in [9.17, 15) is 0 Å². The summed E-state index contributed by atoms with van der Waals surface area (Å²) in [6.45, 7) is 9.84. The molecule has 1 saturated heterocycles. The van der Waals surface area contributed by atoms with Gasteiger partial charge < -0.3 is 4.90 Å². The number of anilines is 1. The maximum Gasteiger partial charge on any atom is 0.137 e. The zero-order chi connectivity index (χ0) is 13.3. The minimum Gasteiger partial charge on any atom is -0.354 e. The molecule has 0 radical (unpaired) electrons. The topological polar surface area (TPSA) is 29.0 Å². The molecule has 1 atom stereocenters. The lowest BCUT2D eigenvalue weighted by molar-refractivity contribution is 0.476. The van der Waals surface area contributed by atoms with Gasteiger partial charge in [-0.2, -0.15) is 0 Å². The SMILES string of the molecule is CC1CCCCN1c1cc(Br)nc(C(C)(C)C)n1. The number of piperidine rings is 1. The van der Waals surface area contributed by atoms with Gasteiger partial charge in [0.2, 0.25) is 0 Å². The molecule has 1 aromatic heterocycles. The van der Waals surface area contributed by atoms with Gasteiger partial charge in [-0.15, -0.1) is 0 Å². The second kappa shape index (κ2) is 5.16. The fourth-order valence-corrected chi connectivity index (χ4v) is 2.70. The molecule has 4 heteroatoms. The molecule has 1 unspecified atom stereocenters. The summed E-state index contributed by atoms with van der Waals surface area (Å²) in [5.74, 6) is 1.97. The van der Waals surface area contributed by atoms with Gasteiger partial charge in [0.25, 0.3) is 0 Å². The van der Waals surface area contributed by atoms with Crippen LogP contribution in [0.2, 0.25) is 0 Å². The first-order valence-electron chi connectivity index (χ1n) is 6.69. The normalized spacial score (nSPS) is 21.2. The van der Waals surface area contributed by atoms with E-state index >= 15 is 0 Å². The number of hydrogen-bond acceptors (Lipinski definition) is 3. The molecule has 1 aromatic rings. The fourth-order valence-electron chi connectivity index (χ4n) is 2.33. The highest BCUT2D eigenvalue weighted by Crippen LogP contribution is 2.28. The average Bonchev–Trinajstić information content (AvgIpc) is 2.27. The van der Waals surface area contributed by atoms with Crippen molar-refractivity contribution in [1.29, 1.82) is 0 Å². The molecule has 18 heavy (non-hydrogen) atoms. The summed E-state index contributed by atoms with van der Waals surface area (Å²) in [6.07, 6.45) is 3.85.